The van der Waals surface area contributed by atoms with Gasteiger partial charge < -0.3 is 10.2 Å². The third kappa shape index (κ3) is 3.27. The van der Waals surface area contributed by atoms with Crippen LogP contribution in [-0.2, 0) is 0 Å². The van der Waals surface area contributed by atoms with Crippen molar-refractivity contribution in [3.8, 4) is 5.69 Å². The lowest BCUT2D eigenvalue weighted by Crippen LogP contribution is -2.52. The second-order valence-electron chi connectivity index (χ2n) is 5.15. The number of carbonyl (C=O) groups excluding carboxylic acids is 1. The zero-order chi connectivity index (χ0) is 14.8. The van der Waals surface area contributed by atoms with Gasteiger partial charge in [-0.05, 0) is 25.1 Å². The van der Waals surface area contributed by atoms with Crippen LogP contribution in [0.1, 0.15) is 17.4 Å². The van der Waals surface area contributed by atoms with Gasteiger partial charge in [-0.2, -0.15) is 5.10 Å². The van der Waals surface area contributed by atoms with Crippen LogP contribution in [-0.4, -0.2) is 46.3 Å². The van der Waals surface area contributed by atoms with Crippen LogP contribution in [0.15, 0.2) is 36.5 Å². The first-order valence-corrected chi connectivity index (χ1v) is 7.37. The van der Waals surface area contributed by atoms with Crippen molar-refractivity contribution in [2.75, 3.05) is 19.6 Å². The van der Waals surface area contributed by atoms with E-state index in [0.717, 1.165) is 18.8 Å². The molecule has 1 atom stereocenters. The molecule has 2 aromatic rings. The van der Waals surface area contributed by atoms with Gasteiger partial charge in [-0.3, -0.25) is 4.79 Å². The van der Waals surface area contributed by atoms with Gasteiger partial charge in [-0.25, -0.2) is 4.68 Å². The van der Waals surface area contributed by atoms with Gasteiger partial charge in [0.25, 0.3) is 5.91 Å². The minimum atomic E-state index is -0.0326. The van der Waals surface area contributed by atoms with Crippen LogP contribution in [0.25, 0.3) is 5.69 Å². The lowest BCUT2D eigenvalue weighted by atomic mass is 10.2. The van der Waals surface area contributed by atoms with E-state index in [2.05, 4.69) is 10.4 Å². The molecule has 1 aliphatic heterocycles. The number of rotatable bonds is 2. The van der Waals surface area contributed by atoms with E-state index in [4.69, 9.17) is 11.6 Å². The number of hydrogen-bond donors (Lipinski definition) is 1. The number of nitrogens with zero attached hydrogens (tertiary/aromatic N) is 3. The third-order valence-electron chi connectivity index (χ3n) is 3.67. The number of halogens is 2. The molecule has 0 aliphatic carbocycles. The van der Waals surface area contributed by atoms with Crippen molar-refractivity contribution in [2.24, 2.45) is 0 Å². The van der Waals surface area contributed by atoms with Crippen molar-refractivity contribution in [1.29, 1.82) is 0 Å². The van der Waals surface area contributed by atoms with Crippen LogP contribution in [0.5, 0.6) is 0 Å². The minimum Gasteiger partial charge on any atom is -0.332 e. The average Bonchev–Trinajstić information content (AvgIpc) is 2.97. The molecule has 1 aromatic heterocycles. The summed E-state index contributed by atoms with van der Waals surface area (Å²) in [5.74, 6) is -0.0326. The summed E-state index contributed by atoms with van der Waals surface area (Å²) in [6, 6.07) is 9.35. The highest BCUT2D eigenvalue weighted by Gasteiger charge is 2.25. The minimum absolute atomic E-state index is 0. The van der Waals surface area contributed by atoms with Crippen LogP contribution in [0.4, 0.5) is 0 Å². The molecular weight excluding hydrogens is 323 g/mol. The summed E-state index contributed by atoms with van der Waals surface area (Å²) in [6.45, 7) is 4.38. The van der Waals surface area contributed by atoms with Gasteiger partial charge in [0.2, 0.25) is 0 Å². The first-order valence-electron chi connectivity index (χ1n) is 6.99. The fourth-order valence-electron chi connectivity index (χ4n) is 2.50. The molecule has 1 saturated heterocycles. The van der Waals surface area contributed by atoms with E-state index >= 15 is 0 Å². The van der Waals surface area contributed by atoms with E-state index in [9.17, 15) is 4.79 Å². The number of aromatic nitrogens is 2. The average molecular weight is 341 g/mol. The lowest BCUT2D eigenvalue weighted by Gasteiger charge is -2.33. The first-order chi connectivity index (χ1) is 10.2. The number of piperazine rings is 1. The second kappa shape index (κ2) is 7.13. The Morgan fingerprint density at radius 2 is 2.14 bits per heavy atom. The van der Waals surface area contributed by atoms with E-state index < -0.39 is 0 Å². The van der Waals surface area contributed by atoms with Gasteiger partial charge in [0.15, 0.2) is 5.69 Å². The molecule has 1 fully saturated rings. The standard InChI is InChI=1S/C15H17ClN4O.ClH/c1-11-10-17-7-9-19(11)15(21)13-6-8-20(18-13)14-5-3-2-4-12(14)16;/h2-6,8,11,17H,7,9-10H2,1H3;1H. The van der Waals surface area contributed by atoms with Crippen LogP contribution in [0.2, 0.25) is 5.02 Å². The number of para-hydroxylation sites is 1. The topological polar surface area (TPSA) is 50.2 Å². The molecule has 1 aliphatic rings. The first kappa shape index (κ1) is 16.8. The molecule has 0 saturated carbocycles. The van der Waals surface area contributed by atoms with Crippen LogP contribution < -0.4 is 5.32 Å². The lowest BCUT2D eigenvalue weighted by molar-refractivity contribution is 0.0649. The number of amides is 1. The van der Waals surface area contributed by atoms with E-state index in [1.54, 1.807) is 23.0 Å². The Labute approximate surface area is 140 Å². The molecule has 5 nitrogen and oxygen atoms in total. The Hall–Kier alpha value is -1.56. The summed E-state index contributed by atoms with van der Waals surface area (Å²) in [5, 5.41) is 8.25. The predicted octanol–water partition coefficient (Wildman–Crippen LogP) is 2.38. The number of hydrogen-bond acceptors (Lipinski definition) is 3. The Morgan fingerprint density at radius 1 is 1.36 bits per heavy atom. The van der Waals surface area contributed by atoms with Gasteiger partial charge in [-0.15, -0.1) is 12.4 Å². The van der Waals surface area contributed by atoms with Gasteiger partial charge >= 0.3 is 0 Å². The van der Waals surface area contributed by atoms with Gasteiger partial charge in [-0.1, -0.05) is 23.7 Å². The zero-order valence-electron chi connectivity index (χ0n) is 12.2. The monoisotopic (exact) mass is 340 g/mol. The van der Waals surface area contributed by atoms with Crippen LogP contribution in [0, 0.1) is 0 Å². The molecule has 0 spiro atoms. The molecule has 2 heterocycles. The SMILES string of the molecule is CC1CNCCN1C(=O)c1ccn(-c2ccccc2Cl)n1.Cl. The zero-order valence-corrected chi connectivity index (χ0v) is 13.8. The van der Waals surface area contributed by atoms with Crippen molar-refractivity contribution < 1.29 is 4.79 Å². The Kier molecular flexibility index (Phi) is 5.45. The third-order valence-corrected chi connectivity index (χ3v) is 3.99. The van der Waals surface area contributed by atoms with Gasteiger partial charge in [0.05, 0.1) is 10.7 Å². The van der Waals surface area contributed by atoms with Crippen molar-refractivity contribution in [1.82, 2.24) is 20.0 Å². The normalized spacial score (nSPS) is 17.9. The predicted molar refractivity (Wildman–Crippen MR) is 89.2 cm³/mol. The molecule has 0 bridgehead atoms. The fourth-order valence-corrected chi connectivity index (χ4v) is 2.72. The summed E-state index contributed by atoms with van der Waals surface area (Å²) in [4.78, 5) is 14.4. The molecule has 1 unspecified atom stereocenters. The molecule has 0 radical (unpaired) electrons. The maximum absolute atomic E-state index is 12.5. The van der Waals surface area contributed by atoms with E-state index in [-0.39, 0.29) is 24.4 Å². The smallest absolute Gasteiger partial charge is 0.274 e. The van der Waals surface area contributed by atoms with Crippen molar-refractivity contribution in [2.45, 2.75) is 13.0 Å². The van der Waals surface area contributed by atoms with E-state index in [1.165, 1.54) is 0 Å². The molecule has 1 N–H and O–H groups in total. The summed E-state index contributed by atoms with van der Waals surface area (Å²) >= 11 is 6.16. The number of carbonyl (C=O) groups is 1. The highest BCUT2D eigenvalue weighted by Crippen LogP contribution is 2.19. The van der Waals surface area contributed by atoms with Crippen molar-refractivity contribution >= 4 is 29.9 Å². The van der Waals surface area contributed by atoms with Crippen LogP contribution >= 0.6 is 24.0 Å². The maximum Gasteiger partial charge on any atom is 0.274 e. The van der Waals surface area contributed by atoms with Crippen LogP contribution in [0.3, 0.4) is 0 Å². The number of nitrogens with one attached hydrogen (secondary N) is 1. The maximum atomic E-state index is 12.5. The quantitative estimate of drug-likeness (QED) is 0.913. The molecule has 7 heteroatoms. The summed E-state index contributed by atoms with van der Waals surface area (Å²) in [5.41, 5.74) is 1.22. The summed E-state index contributed by atoms with van der Waals surface area (Å²) in [6.07, 6.45) is 1.77. The summed E-state index contributed by atoms with van der Waals surface area (Å²) in [7, 11) is 0. The largest absolute Gasteiger partial charge is 0.332 e. The molecule has 22 heavy (non-hydrogen) atoms. The van der Waals surface area contributed by atoms with Gasteiger partial charge in [0, 0.05) is 31.9 Å². The molecule has 1 aromatic carbocycles. The molecule has 118 valence electrons. The molecular formula is C15H18Cl2N4O. The number of benzene rings is 1. The van der Waals surface area contributed by atoms with Crippen molar-refractivity contribution in [3.63, 3.8) is 0 Å². The molecule has 1 amide bonds. The highest BCUT2D eigenvalue weighted by atomic mass is 35.5. The van der Waals surface area contributed by atoms with Crippen molar-refractivity contribution in [3.05, 3.63) is 47.2 Å². The van der Waals surface area contributed by atoms with Gasteiger partial charge in [0.1, 0.15) is 0 Å². The Morgan fingerprint density at radius 3 is 2.86 bits per heavy atom. The van der Waals surface area contributed by atoms with E-state index in [1.807, 2.05) is 30.0 Å². The second-order valence-corrected chi connectivity index (χ2v) is 5.56. The molecule has 3 rings (SSSR count). The fraction of sp³-hybridized carbons (Fsp3) is 0.333. The summed E-state index contributed by atoms with van der Waals surface area (Å²) < 4.78 is 1.64. The highest BCUT2D eigenvalue weighted by molar-refractivity contribution is 6.32. The Balaban J connectivity index is 0.00000176. The van der Waals surface area contributed by atoms with E-state index in [0.29, 0.717) is 17.3 Å². The Bertz CT molecular complexity index is 658.